The van der Waals surface area contributed by atoms with Gasteiger partial charge in [-0.05, 0) is 65.0 Å². The maximum atomic E-state index is 13.4. The van der Waals surface area contributed by atoms with E-state index >= 15 is 0 Å². The average molecular weight is 519 g/mol. The summed E-state index contributed by atoms with van der Waals surface area (Å²) in [7, 11) is 1.60. The summed E-state index contributed by atoms with van der Waals surface area (Å²) in [4.78, 5) is 32.2. The third-order valence-corrected chi connectivity index (χ3v) is 7.33. The smallest absolute Gasteiger partial charge is 0.338 e. The highest BCUT2D eigenvalue weighted by molar-refractivity contribution is 9.10. The van der Waals surface area contributed by atoms with Crippen LogP contribution in [0.3, 0.4) is 0 Å². The van der Waals surface area contributed by atoms with E-state index in [9.17, 15) is 9.59 Å². The molecule has 1 aliphatic rings. The fraction of sp³-hybridized carbons (Fsp3) is 0.227. The van der Waals surface area contributed by atoms with E-state index in [0.717, 1.165) is 14.9 Å². The molecule has 0 saturated heterocycles. The molecule has 0 aliphatic carbocycles. The molecule has 0 bridgehead atoms. The molecule has 1 aromatic carbocycles. The first-order chi connectivity index (χ1) is 14.9. The summed E-state index contributed by atoms with van der Waals surface area (Å²) in [6, 6.07) is 8.88. The molecule has 0 amide bonds. The number of nitrogens with zero attached hydrogens (tertiary/aromatic N) is 2. The van der Waals surface area contributed by atoms with Gasteiger partial charge in [-0.3, -0.25) is 9.36 Å². The molecule has 0 spiro atoms. The van der Waals surface area contributed by atoms with E-state index in [1.165, 1.54) is 22.7 Å². The van der Waals surface area contributed by atoms with Gasteiger partial charge in [0.2, 0.25) is 0 Å². The van der Waals surface area contributed by atoms with E-state index in [1.54, 1.807) is 25.5 Å². The summed E-state index contributed by atoms with van der Waals surface area (Å²) < 4.78 is 13.5. The fourth-order valence-corrected chi connectivity index (χ4v) is 5.86. The van der Waals surface area contributed by atoms with Gasteiger partial charge < -0.3 is 9.47 Å². The number of allylic oxidation sites excluding steroid dienone is 1. The molecule has 2 aromatic heterocycles. The van der Waals surface area contributed by atoms with E-state index in [4.69, 9.17) is 9.47 Å². The minimum atomic E-state index is -0.556. The minimum Gasteiger partial charge on any atom is -0.496 e. The van der Waals surface area contributed by atoms with Crippen LogP contribution in [0.5, 0.6) is 5.75 Å². The zero-order valence-electron chi connectivity index (χ0n) is 17.0. The number of ether oxygens (including phenoxy) is 2. The van der Waals surface area contributed by atoms with Gasteiger partial charge in [0.15, 0.2) is 4.80 Å². The summed E-state index contributed by atoms with van der Waals surface area (Å²) in [5, 5.41) is 1.93. The van der Waals surface area contributed by atoms with Gasteiger partial charge in [-0.15, -0.1) is 11.3 Å². The lowest BCUT2D eigenvalue weighted by Gasteiger charge is -2.23. The second kappa shape index (κ2) is 8.94. The SMILES string of the molecule is CCOC(=O)C1=C(C)N=c2s/c(=C/c3ccc(OC)c(Br)c3)c(=O)n2[C@H]1c1cccs1. The van der Waals surface area contributed by atoms with Gasteiger partial charge in [-0.1, -0.05) is 23.5 Å². The maximum absolute atomic E-state index is 13.4. The molecule has 4 rings (SSSR count). The first-order valence-electron chi connectivity index (χ1n) is 9.51. The first-order valence-corrected chi connectivity index (χ1v) is 12.0. The van der Waals surface area contributed by atoms with Crippen LogP contribution in [0.15, 0.2) is 61.2 Å². The zero-order valence-corrected chi connectivity index (χ0v) is 20.3. The lowest BCUT2D eigenvalue weighted by Crippen LogP contribution is -2.39. The van der Waals surface area contributed by atoms with Crippen molar-refractivity contribution < 1.29 is 14.3 Å². The second-order valence-electron chi connectivity index (χ2n) is 6.71. The molecule has 0 radical (unpaired) electrons. The molecular formula is C22H19BrN2O4S2. The van der Waals surface area contributed by atoms with E-state index in [2.05, 4.69) is 20.9 Å². The van der Waals surface area contributed by atoms with Crippen molar-refractivity contribution >= 4 is 50.6 Å². The zero-order chi connectivity index (χ0) is 22.1. The molecule has 0 N–H and O–H groups in total. The van der Waals surface area contributed by atoms with Crippen LogP contribution in [0.25, 0.3) is 6.08 Å². The third kappa shape index (κ3) is 4.05. The topological polar surface area (TPSA) is 69.9 Å². The number of rotatable bonds is 5. The number of carbonyl (C=O) groups excluding carboxylic acids is 1. The van der Waals surface area contributed by atoms with Crippen LogP contribution in [0.2, 0.25) is 0 Å². The Labute approximate surface area is 194 Å². The van der Waals surface area contributed by atoms with E-state index in [0.29, 0.717) is 26.4 Å². The number of hydrogen-bond acceptors (Lipinski definition) is 7. The van der Waals surface area contributed by atoms with Crippen LogP contribution in [-0.4, -0.2) is 24.3 Å². The third-order valence-electron chi connectivity index (χ3n) is 4.80. The normalized spacial score (nSPS) is 16.1. The number of thiazole rings is 1. The van der Waals surface area contributed by atoms with Gasteiger partial charge in [0.1, 0.15) is 11.8 Å². The quantitative estimate of drug-likeness (QED) is 0.483. The number of benzene rings is 1. The Bertz CT molecular complexity index is 1350. The molecule has 3 aromatic rings. The van der Waals surface area contributed by atoms with Crippen molar-refractivity contribution in [1.29, 1.82) is 0 Å². The lowest BCUT2D eigenvalue weighted by molar-refractivity contribution is -0.139. The van der Waals surface area contributed by atoms with Gasteiger partial charge >= 0.3 is 5.97 Å². The summed E-state index contributed by atoms with van der Waals surface area (Å²) in [5.41, 5.74) is 1.63. The average Bonchev–Trinajstić information content (AvgIpc) is 3.36. The number of esters is 1. The van der Waals surface area contributed by atoms with Crippen molar-refractivity contribution in [3.8, 4) is 5.75 Å². The molecule has 31 heavy (non-hydrogen) atoms. The minimum absolute atomic E-state index is 0.191. The van der Waals surface area contributed by atoms with Crippen LogP contribution in [0.1, 0.15) is 30.3 Å². The van der Waals surface area contributed by atoms with Gasteiger partial charge in [0, 0.05) is 4.88 Å². The summed E-state index contributed by atoms with van der Waals surface area (Å²) in [6.45, 7) is 3.80. The molecule has 160 valence electrons. The van der Waals surface area contributed by atoms with E-state index in [-0.39, 0.29) is 12.2 Å². The number of hydrogen-bond donors (Lipinski definition) is 0. The highest BCUT2D eigenvalue weighted by atomic mass is 79.9. The number of carbonyl (C=O) groups is 1. The summed E-state index contributed by atoms with van der Waals surface area (Å²) >= 11 is 6.28. The van der Waals surface area contributed by atoms with Gasteiger partial charge in [-0.25, -0.2) is 9.79 Å². The highest BCUT2D eigenvalue weighted by Gasteiger charge is 2.33. The molecule has 0 fully saturated rings. The largest absolute Gasteiger partial charge is 0.496 e. The number of fused-ring (bicyclic) bond motifs is 1. The molecular weight excluding hydrogens is 500 g/mol. The van der Waals surface area contributed by atoms with Gasteiger partial charge in [0.25, 0.3) is 5.56 Å². The van der Waals surface area contributed by atoms with Crippen LogP contribution < -0.4 is 19.6 Å². The number of aromatic nitrogens is 1. The Hall–Kier alpha value is -2.49. The predicted molar refractivity (Wildman–Crippen MR) is 125 cm³/mol. The summed E-state index contributed by atoms with van der Waals surface area (Å²) in [6.07, 6.45) is 1.82. The van der Waals surface area contributed by atoms with Crippen molar-refractivity contribution in [1.82, 2.24) is 4.57 Å². The molecule has 0 saturated carbocycles. The van der Waals surface area contributed by atoms with Crippen LogP contribution in [0.4, 0.5) is 0 Å². The van der Waals surface area contributed by atoms with Crippen LogP contribution >= 0.6 is 38.6 Å². The van der Waals surface area contributed by atoms with Crippen LogP contribution in [0, 0.1) is 0 Å². The van der Waals surface area contributed by atoms with Crippen molar-refractivity contribution in [3.05, 3.63) is 81.6 Å². The molecule has 0 unspecified atom stereocenters. The molecule has 1 atom stereocenters. The second-order valence-corrected chi connectivity index (χ2v) is 9.55. The fourth-order valence-electron chi connectivity index (χ4n) is 3.43. The number of halogens is 1. The Morgan fingerprint density at radius 2 is 2.16 bits per heavy atom. The molecule has 9 heteroatoms. The first kappa shape index (κ1) is 21.7. The maximum Gasteiger partial charge on any atom is 0.338 e. The Balaban J connectivity index is 1.91. The van der Waals surface area contributed by atoms with Crippen molar-refractivity contribution in [2.75, 3.05) is 13.7 Å². The summed E-state index contributed by atoms with van der Waals surface area (Å²) in [5.74, 6) is 0.265. The standard InChI is InChI=1S/C22H19BrN2O4S2/c1-4-29-21(27)18-12(2)24-22-25(19(18)16-6-5-9-30-16)20(26)17(31-22)11-13-7-8-15(28-3)14(23)10-13/h5-11,19H,4H2,1-3H3/b17-11+/t19-/m0/s1. The Kier molecular flexibility index (Phi) is 6.27. The van der Waals surface area contributed by atoms with Gasteiger partial charge in [0.05, 0.1) is 34.0 Å². The monoisotopic (exact) mass is 518 g/mol. The predicted octanol–water partition coefficient (Wildman–Crippen LogP) is 3.63. The van der Waals surface area contributed by atoms with Crippen LogP contribution in [-0.2, 0) is 9.53 Å². The van der Waals surface area contributed by atoms with Gasteiger partial charge in [-0.2, -0.15) is 0 Å². The van der Waals surface area contributed by atoms with E-state index in [1.807, 2.05) is 41.8 Å². The number of thiophene rings is 1. The van der Waals surface area contributed by atoms with Crippen molar-refractivity contribution in [2.45, 2.75) is 19.9 Å². The molecule has 6 nitrogen and oxygen atoms in total. The lowest BCUT2D eigenvalue weighted by atomic mass is 10.0. The van der Waals surface area contributed by atoms with Crippen molar-refractivity contribution in [2.24, 2.45) is 4.99 Å². The van der Waals surface area contributed by atoms with Crippen molar-refractivity contribution in [3.63, 3.8) is 0 Å². The van der Waals surface area contributed by atoms with E-state index < -0.39 is 12.0 Å². The Morgan fingerprint density at radius 3 is 2.81 bits per heavy atom. The molecule has 1 aliphatic heterocycles. The number of methoxy groups -OCH3 is 1. The highest BCUT2D eigenvalue weighted by Crippen LogP contribution is 2.33. The Morgan fingerprint density at radius 1 is 1.35 bits per heavy atom. The molecule has 3 heterocycles.